The molecule has 25 heavy (non-hydrogen) atoms. The van der Waals surface area contributed by atoms with Crippen molar-refractivity contribution in [3.63, 3.8) is 0 Å². The van der Waals surface area contributed by atoms with Crippen LogP contribution in [0.4, 0.5) is 0 Å². The summed E-state index contributed by atoms with van der Waals surface area (Å²) in [7, 11) is -3.91. The molecule has 0 bridgehead atoms. The number of hydrogen-bond acceptors (Lipinski definition) is 6. The molecule has 7 nitrogen and oxygen atoms in total. The van der Waals surface area contributed by atoms with Gasteiger partial charge in [0.15, 0.2) is 15.6 Å². The van der Waals surface area contributed by atoms with E-state index in [-0.39, 0.29) is 32.9 Å². The van der Waals surface area contributed by atoms with Crippen molar-refractivity contribution in [2.45, 2.75) is 23.7 Å². The maximum atomic E-state index is 13.0. The monoisotopic (exact) mass is 403 g/mol. The largest absolute Gasteiger partial charge is 0.476 e. The summed E-state index contributed by atoms with van der Waals surface area (Å²) in [5.74, 6) is -2.24. The Bertz CT molecular complexity index is 1010. The van der Waals surface area contributed by atoms with E-state index in [1.165, 1.54) is 12.1 Å². The van der Waals surface area contributed by atoms with Crippen molar-refractivity contribution >= 4 is 44.8 Å². The van der Waals surface area contributed by atoms with Crippen molar-refractivity contribution in [2.24, 2.45) is 0 Å². The SMILES string of the molecule is CS(=O)(=O)c1c(C(=O)c2c(C(=O)O)noc2C2CC2)ccc(Cl)c1Cl. The molecule has 0 amide bonds. The lowest BCUT2D eigenvalue weighted by Gasteiger charge is -2.10. The van der Waals surface area contributed by atoms with Gasteiger partial charge in [-0.3, -0.25) is 4.79 Å². The van der Waals surface area contributed by atoms with Gasteiger partial charge in [-0.2, -0.15) is 0 Å². The number of carboxylic acid groups (broad SMARTS) is 1. The molecule has 1 aliphatic carbocycles. The molecule has 0 unspecified atom stereocenters. The predicted molar refractivity (Wildman–Crippen MR) is 88.4 cm³/mol. The molecule has 1 heterocycles. The maximum absolute atomic E-state index is 13.0. The highest BCUT2D eigenvalue weighted by atomic mass is 35.5. The summed E-state index contributed by atoms with van der Waals surface area (Å²) in [6.45, 7) is 0. The fourth-order valence-corrected chi connectivity index (χ4v) is 4.29. The predicted octanol–water partition coefficient (Wildman–Crippen LogP) is 3.19. The number of aromatic nitrogens is 1. The number of ketones is 1. The van der Waals surface area contributed by atoms with Gasteiger partial charge in [-0.1, -0.05) is 28.4 Å². The minimum Gasteiger partial charge on any atom is -0.476 e. The van der Waals surface area contributed by atoms with Crippen LogP contribution in [0.3, 0.4) is 0 Å². The zero-order valence-electron chi connectivity index (χ0n) is 12.7. The van der Waals surface area contributed by atoms with E-state index >= 15 is 0 Å². The molecular formula is C15H11Cl2NO6S. The van der Waals surface area contributed by atoms with Gasteiger partial charge in [0.1, 0.15) is 5.56 Å². The highest BCUT2D eigenvalue weighted by Crippen LogP contribution is 2.43. The first-order valence-electron chi connectivity index (χ1n) is 7.08. The minimum absolute atomic E-state index is 0.0372. The number of halogens is 2. The Morgan fingerprint density at radius 2 is 1.92 bits per heavy atom. The van der Waals surface area contributed by atoms with Crippen LogP contribution in [0.1, 0.15) is 50.9 Å². The van der Waals surface area contributed by atoms with Crippen LogP contribution in [0.25, 0.3) is 0 Å². The Hall–Kier alpha value is -1.90. The molecule has 0 saturated heterocycles. The first-order valence-corrected chi connectivity index (χ1v) is 9.73. The van der Waals surface area contributed by atoms with Gasteiger partial charge in [-0.15, -0.1) is 0 Å². The number of carbonyl (C=O) groups is 2. The summed E-state index contributed by atoms with van der Waals surface area (Å²) >= 11 is 11.8. The molecule has 0 spiro atoms. The Morgan fingerprint density at radius 1 is 1.28 bits per heavy atom. The topological polar surface area (TPSA) is 115 Å². The lowest BCUT2D eigenvalue weighted by molar-refractivity contribution is 0.0682. The molecule has 1 aliphatic rings. The molecule has 1 fully saturated rings. The zero-order chi connectivity index (χ0) is 18.5. The van der Waals surface area contributed by atoms with Crippen LogP contribution in [-0.4, -0.2) is 36.7 Å². The van der Waals surface area contributed by atoms with Gasteiger partial charge in [-0.25, -0.2) is 13.2 Å². The fraction of sp³-hybridized carbons (Fsp3) is 0.267. The molecule has 1 saturated carbocycles. The smallest absolute Gasteiger partial charge is 0.358 e. The van der Waals surface area contributed by atoms with Gasteiger partial charge in [0.2, 0.25) is 11.5 Å². The lowest BCUT2D eigenvalue weighted by atomic mass is 9.99. The molecule has 1 aromatic carbocycles. The number of rotatable bonds is 5. The van der Waals surface area contributed by atoms with Gasteiger partial charge in [0.25, 0.3) is 0 Å². The summed E-state index contributed by atoms with van der Waals surface area (Å²) < 4.78 is 29.2. The number of benzene rings is 1. The molecule has 2 aromatic rings. The second kappa shape index (κ2) is 6.12. The van der Waals surface area contributed by atoms with Gasteiger partial charge in [0.05, 0.1) is 14.9 Å². The summed E-state index contributed by atoms with van der Waals surface area (Å²) in [5.41, 5.74) is -1.08. The second-order valence-corrected chi connectivity index (χ2v) is 8.43. The number of carboxylic acids is 1. The van der Waals surface area contributed by atoms with E-state index in [1.54, 1.807) is 0 Å². The highest BCUT2D eigenvalue weighted by molar-refractivity contribution is 7.91. The van der Waals surface area contributed by atoms with Gasteiger partial charge in [0, 0.05) is 17.7 Å². The van der Waals surface area contributed by atoms with Crippen LogP contribution >= 0.6 is 23.2 Å². The minimum atomic E-state index is -3.91. The van der Waals surface area contributed by atoms with E-state index in [1.807, 2.05) is 0 Å². The Morgan fingerprint density at radius 3 is 2.44 bits per heavy atom. The molecule has 1 aromatic heterocycles. The van der Waals surface area contributed by atoms with Crippen LogP contribution in [-0.2, 0) is 9.84 Å². The number of hydrogen-bond donors (Lipinski definition) is 1. The average molecular weight is 404 g/mol. The van der Waals surface area contributed by atoms with E-state index < -0.39 is 32.2 Å². The van der Waals surface area contributed by atoms with Crippen molar-refractivity contribution < 1.29 is 27.6 Å². The first-order chi connectivity index (χ1) is 11.6. The number of carbonyl (C=O) groups excluding carboxylic acids is 1. The number of aromatic carboxylic acids is 1. The Kier molecular flexibility index (Phi) is 4.38. The zero-order valence-corrected chi connectivity index (χ0v) is 15.1. The van der Waals surface area contributed by atoms with Crippen molar-refractivity contribution in [1.29, 1.82) is 0 Å². The van der Waals surface area contributed by atoms with Crippen LogP contribution in [0, 0.1) is 0 Å². The molecule has 1 N–H and O–H groups in total. The molecular weight excluding hydrogens is 393 g/mol. The molecule has 10 heteroatoms. The Labute approximate surface area is 152 Å². The molecule has 0 atom stereocenters. The van der Waals surface area contributed by atoms with Crippen molar-refractivity contribution in [3.05, 3.63) is 44.8 Å². The average Bonchev–Trinajstić information content (AvgIpc) is 3.25. The summed E-state index contributed by atoms with van der Waals surface area (Å²) in [6.07, 6.45) is 2.35. The van der Waals surface area contributed by atoms with Crippen LogP contribution in [0.15, 0.2) is 21.6 Å². The van der Waals surface area contributed by atoms with Gasteiger partial charge < -0.3 is 9.63 Å². The fourth-order valence-electron chi connectivity index (χ4n) is 2.50. The molecule has 3 rings (SSSR count). The number of sulfone groups is 1. The summed E-state index contributed by atoms with van der Waals surface area (Å²) in [4.78, 5) is 23.9. The van der Waals surface area contributed by atoms with Gasteiger partial charge >= 0.3 is 5.97 Å². The third kappa shape index (κ3) is 3.17. The highest BCUT2D eigenvalue weighted by Gasteiger charge is 2.38. The van der Waals surface area contributed by atoms with E-state index in [0.717, 1.165) is 19.1 Å². The Balaban J connectivity index is 2.26. The van der Waals surface area contributed by atoms with Gasteiger partial charge in [-0.05, 0) is 25.0 Å². The summed E-state index contributed by atoms with van der Waals surface area (Å²) in [5, 5.41) is 12.4. The third-order valence-corrected chi connectivity index (χ3v) is 5.84. The van der Waals surface area contributed by atoms with Crippen molar-refractivity contribution in [2.75, 3.05) is 6.26 Å². The van der Waals surface area contributed by atoms with E-state index in [0.29, 0.717) is 0 Å². The van der Waals surface area contributed by atoms with Crippen molar-refractivity contribution in [1.82, 2.24) is 5.16 Å². The third-order valence-electron chi connectivity index (χ3n) is 3.76. The first kappa shape index (κ1) is 17.9. The normalized spacial score (nSPS) is 14.5. The van der Waals surface area contributed by atoms with Crippen LogP contribution < -0.4 is 0 Å². The second-order valence-electron chi connectivity index (χ2n) is 5.69. The van der Waals surface area contributed by atoms with E-state index in [2.05, 4.69) is 5.16 Å². The summed E-state index contributed by atoms with van der Waals surface area (Å²) in [6, 6.07) is 2.47. The molecule has 132 valence electrons. The molecule has 0 radical (unpaired) electrons. The molecule has 0 aliphatic heterocycles. The standard InChI is InChI=1S/C15H11Cl2NO6S/c1-25(22,23)14-7(4-5-8(16)10(14)17)12(19)9-11(15(20)21)18-24-13(9)6-2-3-6/h4-6H,2-3H2,1H3,(H,20,21). The maximum Gasteiger partial charge on any atom is 0.358 e. The lowest BCUT2D eigenvalue weighted by Crippen LogP contribution is -2.14. The van der Waals surface area contributed by atoms with E-state index in [9.17, 15) is 23.1 Å². The number of nitrogens with zero attached hydrogens (tertiary/aromatic N) is 1. The van der Waals surface area contributed by atoms with Crippen molar-refractivity contribution in [3.8, 4) is 0 Å². The quantitative estimate of drug-likeness (QED) is 0.761. The van der Waals surface area contributed by atoms with Crippen LogP contribution in [0.2, 0.25) is 10.0 Å². The van der Waals surface area contributed by atoms with Crippen LogP contribution in [0.5, 0.6) is 0 Å². The van der Waals surface area contributed by atoms with E-state index in [4.69, 9.17) is 27.7 Å².